The highest BCUT2D eigenvalue weighted by Crippen LogP contribution is 2.32. The molecule has 4 rings (SSSR count). The van der Waals surface area contributed by atoms with Gasteiger partial charge in [-0.2, -0.15) is 0 Å². The molecule has 0 aliphatic carbocycles. The number of pyridine rings is 1. The van der Waals surface area contributed by atoms with E-state index in [0.717, 1.165) is 25.3 Å². The van der Waals surface area contributed by atoms with Gasteiger partial charge in [-0.05, 0) is 18.2 Å². The highest BCUT2D eigenvalue weighted by Gasteiger charge is 2.29. The Morgan fingerprint density at radius 3 is 2.55 bits per heavy atom. The van der Waals surface area contributed by atoms with Crippen LogP contribution in [0.4, 0.5) is 18.0 Å². The van der Waals surface area contributed by atoms with Crippen molar-refractivity contribution in [1.82, 2.24) is 14.3 Å². The van der Waals surface area contributed by atoms with Gasteiger partial charge in [0.2, 0.25) is 0 Å². The van der Waals surface area contributed by atoms with Crippen molar-refractivity contribution < 1.29 is 37.0 Å². The van der Waals surface area contributed by atoms with Gasteiger partial charge in [0.05, 0.1) is 56.0 Å². The maximum Gasteiger partial charge on any atom is 0.409 e. The number of hydrogen-bond donors (Lipinski definition) is 0. The van der Waals surface area contributed by atoms with Crippen LogP contribution in [0.25, 0.3) is 16.9 Å². The second-order valence-corrected chi connectivity index (χ2v) is 7.40. The van der Waals surface area contributed by atoms with Crippen LogP contribution in [-0.2, 0) is 20.6 Å². The third-order valence-corrected chi connectivity index (χ3v) is 5.38. The van der Waals surface area contributed by atoms with Crippen molar-refractivity contribution in [3.63, 3.8) is 0 Å². The predicted molar refractivity (Wildman–Crippen MR) is 109 cm³/mol. The van der Waals surface area contributed by atoms with Crippen molar-refractivity contribution in [3.05, 3.63) is 59.2 Å². The van der Waals surface area contributed by atoms with Crippen LogP contribution in [0.3, 0.4) is 0 Å². The summed E-state index contributed by atoms with van der Waals surface area (Å²) in [6.07, 6.45) is 0.477. The number of nitrogens with zero attached hydrogens (tertiary/aromatic N) is 3. The SMILES string of the molecule is COC(=O)c1cc(F)c(-c2nc3cc(F)ccn3c2C[C@H]2CN(C(=O)OC)CCO2)c(F)c1. The smallest absolute Gasteiger partial charge is 0.409 e. The maximum atomic E-state index is 15.0. The number of halogens is 3. The van der Waals surface area contributed by atoms with E-state index in [-0.39, 0.29) is 36.5 Å². The van der Waals surface area contributed by atoms with Gasteiger partial charge in [0, 0.05) is 25.2 Å². The zero-order chi connectivity index (χ0) is 23.7. The fourth-order valence-corrected chi connectivity index (χ4v) is 3.85. The van der Waals surface area contributed by atoms with Crippen molar-refractivity contribution in [3.8, 4) is 11.3 Å². The molecule has 1 saturated heterocycles. The van der Waals surface area contributed by atoms with E-state index in [4.69, 9.17) is 9.47 Å². The van der Waals surface area contributed by atoms with Crippen molar-refractivity contribution in [1.29, 1.82) is 0 Å². The fraction of sp³-hybridized carbons (Fsp3) is 0.318. The Morgan fingerprint density at radius 1 is 1.15 bits per heavy atom. The lowest BCUT2D eigenvalue weighted by atomic mass is 10.0. The summed E-state index contributed by atoms with van der Waals surface area (Å²) in [6, 6.07) is 4.04. The molecular weight excluding hydrogens is 443 g/mol. The van der Waals surface area contributed by atoms with Gasteiger partial charge in [-0.3, -0.25) is 0 Å². The standard InChI is InChI=1S/C22H20F3N3O5/c1-31-21(29)12-7-15(24)19(16(25)8-12)20-17(28-4-3-13(23)9-18(28)26-20)10-14-11-27(5-6-33-14)22(30)32-2/h3-4,7-9,14H,5-6,10-11H2,1-2H3/t14-/m0/s1. The molecule has 1 atom stereocenters. The topological polar surface area (TPSA) is 82.4 Å². The molecule has 3 aromatic rings. The van der Waals surface area contributed by atoms with E-state index in [9.17, 15) is 14.0 Å². The lowest BCUT2D eigenvalue weighted by molar-refractivity contribution is -0.0241. The average molecular weight is 463 g/mol. The minimum absolute atomic E-state index is 0.0641. The number of esters is 1. The van der Waals surface area contributed by atoms with Crippen LogP contribution in [0, 0.1) is 17.5 Å². The van der Waals surface area contributed by atoms with E-state index in [2.05, 4.69) is 9.72 Å². The summed E-state index contributed by atoms with van der Waals surface area (Å²) in [5.41, 5.74) is -0.341. The van der Waals surface area contributed by atoms with E-state index in [1.807, 2.05) is 0 Å². The van der Waals surface area contributed by atoms with Crippen LogP contribution in [0.2, 0.25) is 0 Å². The van der Waals surface area contributed by atoms with Crippen molar-refractivity contribution in [2.24, 2.45) is 0 Å². The highest BCUT2D eigenvalue weighted by atomic mass is 19.1. The number of carbonyl (C=O) groups is 2. The quantitative estimate of drug-likeness (QED) is 0.553. The largest absolute Gasteiger partial charge is 0.465 e. The number of imidazole rings is 1. The van der Waals surface area contributed by atoms with Crippen molar-refractivity contribution in [2.75, 3.05) is 33.9 Å². The van der Waals surface area contributed by atoms with Gasteiger partial charge in [0.25, 0.3) is 0 Å². The predicted octanol–water partition coefficient (Wildman–Crippen LogP) is 3.21. The molecule has 33 heavy (non-hydrogen) atoms. The number of benzene rings is 1. The van der Waals surface area contributed by atoms with Gasteiger partial charge >= 0.3 is 12.1 Å². The molecular formula is C22H20F3N3O5. The number of aromatic nitrogens is 2. The number of fused-ring (bicyclic) bond motifs is 1. The molecule has 1 amide bonds. The molecule has 11 heteroatoms. The van der Waals surface area contributed by atoms with E-state index < -0.39 is 41.2 Å². The molecule has 0 spiro atoms. The van der Waals surface area contributed by atoms with Crippen LogP contribution < -0.4 is 0 Å². The monoisotopic (exact) mass is 463 g/mol. The first-order valence-corrected chi connectivity index (χ1v) is 10.0. The summed E-state index contributed by atoms with van der Waals surface area (Å²) < 4.78 is 60.4. The Bertz CT molecular complexity index is 1210. The molecule has 0 radical (unpaired) electrons. The van der Waals surface area contributed by atoms with Crippen LogP contribution in [-0.4, -0.2) is 66.4 Å². The number of ether oxygens (including phenoxy) is 3. The molecule has 1 fully saturated rings. The van der Waals surface area contributed by atoms with Crippen LogP contribution >= 0.6 is 0 Å². The second kappa shape index (κ2) is 9.10. The summed E-state index contributed by atoms with van der Waals surface area (Å²) in [4.78, 5) is 29.3. The van der Waals surface area contributed by atoms with Crippen molar-refractivity contribution >= 4 is 17.7 Å². The van der Waals surface area contributed by atoms with Crippen LogP contribution in [0.15, 0.2) is 30.5 Å². The third kappa shape index (κ3) is 4.36. The third-order valence-electron chi connectivity index (χ3n) is 5.38. The summed E-state index contributed by atoms with van der Waals surface area (Å²) >= 11 is 0. The molecule has 1 aliphatic heterocycles. The van der Waals surface area contributed by atoms with Crippen molar-refractivity contribution in [2.45, 2.75) is 12.5 Å². The minimum atomic E-state index is -1.03. The van der Waals surface area contributed by atoms with E-state index in [1.54, 1.807) is 0 Å². The molecule has 8 nitrogen and oxygen atoms in total. The number of carbonyl (C=O) groups excluding carboxylic acids is 2. The maximum absolute atomic E-state index is 15.0. The molecule has 2 aromatic heterocycles. The highest BCUT2D eigenvalue weighted by molar-refractivity contribution is 5.90. The molecule has 0 bridgehead atoms. The number of amides is 1. The summed E-state index contributed by atoms with van der Waals surface area (Å²) in [5, 5.41) is 0. The molecule has 0 saturated carbocycles. The Hall–Kier alpha value is -3.60. The first kappa shape index (κ1) is 22.6. The summed E-state index contributed by atoms with van der Waals surface area (Å²) in [5.74, 6) is -3.52. The van der Waals surface area contributed by atoms with Gasteiger partial charge in [-0.25, -0.2) is 27.7 Å². The van der Waals surface area contributed by atoms with Gasteiger partial charge < -0.3 is 23.5 Å². The van der Waals surface area contributed by atoms with E-state index >= 15 is 8.78 Å². The number of hydrogen-bond acceptors (Lipinski definition) is 6. The molecule has 174 valence electrons. The molecule has 1 aliphatic rings. The normalized spacial score (nSPS) is 16.2. The minimum Gasteiger partial charge on any atom is -0.465 e. The zero-order valence-electron chi connectivity index (χ0n) is 17.8. The van der Waals surface area contributed by atoms with Gasteiger partial charge in [0.15, 0.2) is 0 Å². The first-order chi connectivity index (χ1) is 15.8. The molecule has 0 N–H and O–H groups in total. The number of methoxy groups -OCH3 is 2. The second-order valence-electron chi connectivity index (χ2n) is 7.40. The lowest BCUT2D eigenvalue weighted by Gasteiger charge is -2.32. The fourth-order valence-electron chi connectivity index (χ4n) is 3.85. The Kier molecular flexibility index (Phi) is 6.23. The molecule has 0 unspecified atom stereocenters. The van der Waals surface area contributed by atoms with Gasteiger partial charge in [-0.15, -0.1) is 0 Å². The van der Waals surface area contributed by atoms with Gasteiger partial charge in [-0.1, -0.05) is 0 Å². The lowest BCUT2D eigenvalue weighted by Crippen LogP contribution is -2.46. The van der Waals surface area contributed by atoms with E-state index in [0.29, 0.717) is 12.2 Å². The summed E-state index contributed by atoms with van der Waals surface area (Å²) in [6.45, 7) is 0.774. The van der Waals surface area contributed by atoms with Crippen LogP contribution in [0.1, 0.15) is 16.1 Å². The Balaban J connectivity index is 1.79. The number of morpholine rings is 1. The zero-order valence-corrected chi connectivity index (χ0v) is 17.8. The van der Waals surface area contributed by atoms with Crippen LogP contribution in [0.5, 0.6) is 0 Å². The Labute approximate surface area is 186 Å². The summed E-state index contributed by atoms with van der Waals surface area (Å²) in [7, 11) is 2.37. The Morgan fingerprint density at radius 2 is 1.88 bits per heavy atom. The number of rotatable bonds is 4. The van der Waals surface area contributed by atoms with Gasteiger partial charge in [0.1, 0.15) is 23.1 Å². The first-order valence-electron chi connectivity index (χ1n) is 10.0. The average Bonchev–Trinajstić information content (AvgIpc) is 3.14. The van der Waals surface area contributed by atoms with E-state index in [1.165, 1.54) is 28.7 Å². The molecule has 1 aromatic carbocycles. The molecule has 3 heterocycles.